The number of rotatable bonds is 9. The highest BCUT2D eigenvalue weighted by atomic mass is 16.5. The van der Waals surface area contributed by atoms with Gasteiger partial charge in [-0.2, -0.15) is 0 Å². The molecule has 1 heterocycles. The predicted molar refractivity (Wildman–Crippen MR) is 125 cm³/mol. The van der Waals surface area contributed by atoms with Gasteiger partial charge in [0.2, 0.25) is 0 Å². The second kappa shape index (κ2) is 10.6. The van der Waals surface area contributed by atoms with Crippen LogP contribution >= 0.6 is 0 Å². The minimum Gasteiger partial charge on any atom is -0.493 e. The lowest BCUT2D eigenvalue weighted by Crippen LogP contribution is -2.36. The Bertz CT molecular complexity index is 1050. The maximum Gasteiger partial charge on any atom is 0.194 e. The lowest BCUT2D eigenvalue weighted by atomic mass is 9.85. The summed E-state index contributed by atoms with van der Waals surface area (Å²) in [4.78, 5) is 28.7. The maximum absolute atomic E-state index is 13.3. The van der Waals surface area contributed by atoms with Gasteiger partial charge < -0.3 is 18.9 Å². The molecule has 0 atom stereocenters. The number of ether oxygens (including phenoxy) is 4. The van der Waals surface area contributed by atoms with E-state index in [4.69, 9.17) is 18.9 Å². The Morgan fingerprint density at radius 1 is 0.939 bits per heavy atom. The zero-order valence-corrected chi connectivity index (χ0v) is 19.1. The molecule has 1 aliphatic heterocycles. The second-order valence-electron chi connectivity index (χ2n) is 8.01. The number of benzene rings is 2. The summed E-state index contributed by atoms with van der Waals surface area (Å²) in [7, 11) is 3.08. The zero-order chi connectivity index (χ0) is 23.2. The van der Waals surface area contributed by atoms with Crippen LogP contribution in [0.5, 0.6) is 17.2 Å². The Balaban J connectivity index is 1.45. The minimum atomic E-state index is -0.238. The van der Waals surface area contributed by atoms with Gasteiger partial charge in [-0.25, -0.2) is 0 Å². The van der Waals surface area contributed by atoms with Gasteiger partial charge >= 0.3 is 0 Å². The normalized spacial score (nSPS) is 16.2. The summed E-state index contributed by atoms with van der Waals surface area (Å²) in [5.41, 5.74) is 1.63. The molecule has 1 fully saturated rings. The van der Waals surface area contributed by atoms with Crippen LogP contribution in [0.3, 0.4) is 0 Å². The summed E-state index contributed by atoms with van der Waals surface area (Å²) < 4.78 is 21.9. The number of morpholine rings is 1. The maximum atomic E-state index is 13.3. The van der Waals surface area contributed by atoms with Crippen molar-refractivity contribution in [2.24, 2.45) is 0 Å². The lowest BCUT2D eigenvalue weighted by molar-refractivity contribution is 0.0368. The number of hydrogen-bond donors (Lipinski definition) is 0. The molecule has 0 unspecified atom stereocenters. The topological polar surface area (TPSA) is 74.3 Å². The molecule has 1 aliphatic carbocycles. The number of carbonyl (C=O) groups is 2. The van der Waals surface area contributed by atoms with Crippen molar-refractivity contribution in [3.63, 3.8) is 0 Å². The van der Waals surface area contributed by atoms with Crippen molar-refractivity contribution < 1.29 is 28.5 Å². The van der Waals surface area contributed by atoms with Crippen LogP contribution in [-0.4, -0.2) is 70.1 Å². The van der Waals surface area contributed by atoms with E-state index in [0.717, 1.165) is 45.7 Å². The second-order valence-corrected chi connectivity index (χ2v) is 8.01. The van der Waals surface area contributed by atoms with Crippen LogP contribution in [0.1, 0.15) is 39.1 Å². The number of nitrogens with zero attached hydrogens (tertiary/aromatic N) is 1. The first-order valence-corrected chi connectivity index (χ1v) is 11.2. The molecule has 0 saturated carbocycles. The smallest absolute Gasteiger partial charge is 0.194 e. The molecule has 0 spiro atoms. The summed E-state index contributed by atoms with van der Waals surface area (Å²) >= 11 is 0. The molecule has 2 aromatic carbocycles. The molecule has 0 N–H and O–H groups in total. The largest absolute Gasteiger partial charge is 0.493 e. The van der Waals surface area contributed by atoms with E-state index in [-0.39, 0.29) is 11.6 Å². The summed E-state index contributed by atoms with van der Waals surface area (Å²) in [6.45, 7) is 5.03. The molecule has 4 rings (SSSR count). The minimum absolute atomic E-state index is 0.213. The lowest BCUT2D eigenvalue weighted by Gasteiger charge is -2.26. The van der Waals surface area contributed by atoms with E-state index in [2.05, 4.69) is 4.90 Å². The van der Waals surface area contributed by atoms with E-state index < -0.39 is 0 Å². The van der Waals surface area contributed by atoms with Crippen LogP contribution in [0.4, 0.5) is 0 Å². The average Bonchev–Trinajstić information content (AvgIpc) is 2.86. The number of Topliss-reactive ketones (excluding diaryl/α,β-unsaturated/α-hetero) is 1. The van der Waals surface area contributed by atoms with Crippen LogP contribution in [0.2, 0.25) is 0 Å². The van der Waals surface area contributed by atoms with Gasteiger partial charge in [0.15, 0.2) is 23.1 Å². The third-order valence-corrected chi connectivity index (χ3v) is 5.96. The molecule has 7 heteroatoms. The monoisotopic (exact) mass is 451 g/mol. The third-order valence-electron chi connectivity index (χ3n) is 5.96. The standard InChI is InChI=1S/C26H29NO6/c1-30-22-9-8-18(16-24(22)31-2)20-17-21(28)25-19(26(20)29)6-5-7-23(25)33-13-4-3-10-27-11-14-32-15-12-27/h5-9,16-17H,3-4,10-15H2,1-2H3. The SMILES string of the molecule is COc1ccc(C2=CC(=O)c3c(OCCCCN4CCOCC4)cccc3C2=O)cc1OC. The van der Waals surface area contributed by atoms with Crippen LogP contribution < -0.4 is 14.2 Å². The van der Waals surface area contributed by atoms with Crippen molar-refractivity contribution in [3.05, 3.63) is 59.2 Å². The molecule has 2 aliphatic rings. The molecule has 7 nitrogen and oxygen atoms in total. The van der Waals surface area contributed by atoms with Crippen molar-refractivity contribution in [2.45, 2.75) is 12.8 Å². The third kappa shape index (κ3) is 5.10. The Kier molecular flexibility index (Phi) is 7.42. The molecule has 0 bridgehead atoms. The van der Waals surface area contributed by atoms with Crippen LogP contribution in [0, 0.1) is 0 Å². The van der Waals surface area contributed by atoms with Gasteiger partial charge in [-0.15, -0.1) is 0 Å². The van der Waals surface area contributed by atoms with Gasteiger partial charge in [0.1, 0.15) is 5.75 Å². The zero-order valence-electron chi connectivity index (χ0n) is 19.1. The van der Waals surface area contributed by atoms with E-state index in [1.54, 1.807) is 43.5 Å². The fourth-order valence-corrected chi connectivity index (χ4v) is 4.17. The average molecular weight is 452 g/mol. The fraction of sp³-hybridized carbons (Fsp3) is 0.385. The van der Waals surface area contributed by atoms with Gasteiger partial charge in [-0.1, -0.05) is 18.2 Å². The molecule has 0 radical (unpaired) electrons. The number of methoxy groups -OCH3 is 2. The number of allylic oxidation sites excluding steroid dienone is 2. The molecule has 2 aromatic rings. The Hall–Kier alpha value is -3.16. The van der Waals surface area contributed by atoms with Crippen molar-refractivity contribution >= 4 is 17.1 Å². The first-order valence-electron chi connectivity index (χ1n) is 11.2. The molecule has 1 saturated heterocycles. The Morgan fingerprint density at radius 3 is 2.48 bits per heavy atom. The Morgan fingerprint density at radius 2 is 1.73 bits per heavy atom. The van der Waals surface area contributed by atoms with Gasteiger partial charge in [0.25, 0.3) is 0 Å². The number of unbranched alkanes of at least 4 members (excludes halogenated alkanes) is 1. The quantitative estimate of drug-likeness (QED) is 0.539. The van der Waals surface area contributed by atoms with Crippen molar-refractivity contribution in [1.82, 2.24) is 4.90 Å². The van der Waals surface area contributed by atoms with Crippen LogP contribution in [0.25, 0.3) is 5.57 Å². The highest BCUT2D eigenvalue weighted by molar-refractivity contribution is 6.39. The summed E-state index contributed by atoms with van der Waals surface area (Å²) in [6.07, 6.45) is 3.26. The highest BCUT2D eigenvalue weighted by Crippen LogP contribution is 2.36. The molecular formula is C26H29NO6. The first-order chi connectivity index (χ1) is 16.1. The van der Waals surface area contributed by atoms with Gasteiger partial charge in [0.05, 0.1) is 39.6 Å². The Labute approximate surface area is 193 Å². The first kappa shape index (κ1) is 23.0. The number of carbonyl (C=O) groups excluding carboxylic acids is 2. The molecule has 174 valence electrons. The van der Waals surface area contributed by atoms with Crippen LogP contribution in [-0.2, 0) is 4.74 Å². The summed E-state index contributed by atoms with van der Waals surface area (Å²) in [5.74, 6) is 1.06. The van der Waals surface area contributed by atoms with Crippen molar-refractivity contribution in [1.29, 1.82) is 0 Å². The van der Waals surface area contributed by atoms with E-state index in [1.165, 1.54) is 13.2 Å². The number of hydrogen-bond acceptors (Lipinski definition) is 7. The fourth-order valence-electron chi connectivity index (χ4n) is 4.17. The van der Waals surface area contributed by atoms with E-state index in [1.807, 2.05) is 0 Å². The van der Waals surface area contributed by atoms with Gasteiger partial charge in [-0.3, -0.25) is 14.5 Å². The van der Waals surface area contributed by atoms with E-state index in [0.29, 0.717) is 46.1 Å². The molecule has 0 amide bonds. The highest BCUT2D eigenvalue weighted by Gasteiger charge is 2.29. The number of fused-ring (bicyclic) bond motifs is 1. The van der Waals surface area contributed by atoms with Gasteiger partial charge in [0, 0.05) is 24.2 Å². The van der Waals surface area contributed by atoms with E-state index in [9.17, 15) is 9.59 Å². The molecule has 33 heavy (non-hydrogen) atoms. The predicted octanol–water partition coefficient (Wildman–Crippen LogP) is 3.66. The van der Waals surface area contributed by atoms with Gasteiger partial charge in [-0.05, 0) is 49.2 Å². The molecular weight excluding hydrogens is 422 g/mol. The van der Waals surface area contributed by atoms with Crippen molar-refractivity contribution in [2.75, 3.05) is 53.7 Å². The summed E-state index contributed by atoms with van der Waals surface area (Å²) in [5, 5.41) is 0. The molecule has 0 aromatic heterocycles. The van der Waals surface area contributed by atoms with E-state index >= 15 is 0 Å². The number of ketones is 2. The van der Waals surface area contributed by atoms with Crippen LogP contribution in [0.15, 0.2) is 42.5 Å². The van der Waals surface area contributed by atoms with Crippen molar-refractivity contribution in [3.8, 4) is 17.2 Å². The summed E-state index contributed by atoms with van der Waals surface area (Å²) in [6, 6.07) is 10.4.